The molecule has 0 saturated carbocycles. The van der Waals surface area contributed by atoms with Crippen LogP contribution in [-0.2, 0) is 16.6 Å². The minimum atomic E-state index is -4.73. The Morgan fingerprint density at radius 1 is 1.29 bits per heavy atom. The fraction of sp³-hybridized carbons (Fsp3) is 0.462. The molecule has 5 nitrogen and oxygen atoms in total. The molecular formula is C13H10F6N4O. The number of aromatic nitrogens is 3. The molecular weight excluding hydrogens is 342 g/mol. The first kappa shape index (κ1) is 16.5. The van der Waals surface area contributed by atoms with Crippen molar-refractivity contribution in [2.75, 3.05) is 11.4 Å². The molecule has 0 bridgehead atoms. The Morgan fingerprint density at radius 3 is 2.50 bits per heavy atom. The van der Waals surface area contributed by atoms with Crippen molar-refractivity contribution in [1.29, 1.82) is 0 Å². The first-order chi connectivity index (χ1) is 11.0. The van der Waals surface area contributed by atoms with Crippen LogP contribution >= 0.6 is 0 Å². The quantitative estimate of drug-likeness (QED) is 0.617. The molecule has 1 aliphatic rings. The zero-order valence-corrected chi connectivity index (χ0v) is 12.1. The lowest BCUT2D eigenvalue weighted by Crippen LogP contribution is -2.44. The summed E-state index contributed by atoms with van der Waals surface area (Å²) in [7, 11) is 0. The number of anilines is 1. The Bertz CT molecular complexity index is 811. The molecule has 1 unspecified atom stereocenters. The summed E-state index contributed by atoms with van der Waals surface area (Å²) in [6.07, 6.45) is -9.41. The lowest BCUT2D eigenvalue weighted by Gasteiger charge is -2.27. The lowest BCUT2D eigenvalue weighted by atomic mass is 9.88. The molecule has 0 radical (unpaired) electrons. The molecule has 1 aliphatic heterocycles. The average Bonchev–Trinajstić information content (AvgIpc) is 2.94. The van der Waals surface area contributed by atoms with E-state index in [4.69, 9.17) is 0 Å². The fourth-order valence-corrected chi connectivity index (χ4v) is 2.81. The van der Waals surface area contributed by atoms with Crippen LogP contribution < -0.4 is 4.90 Å². The summed E-state index contributed by atoms with van der Waals surface area (Å²) in [5, 5.41) is 3.64. The molecule has 2 aromatic heterocycles. The van der Waals surface area contributed by atoms with Gasteiger partial charge in [0, 0.05) is 12.6 Å². The second-order valence-electron chi connectivity index (χ2n) is 5.75. The predicted octanol–water partition coefficient (Wildman–Crippen LogP) is 2.63. The van der Waals surface area contributed by atoms with Crippen molar-refractivity contribution in [3.63, 3.8) is 0 Å². The van der Waals surface area contributed by atoms with Crippen molar-refractivity contribution in [3.8, 4) is 0 Å². The highest BCUT2D eigenvalue weighted by Crippen LogP contribution is 2.49. The van der Waals surface area contributed by atoms with Crippen molar-refractivity contribution in [3.05, 3.63) is 23.7 Å². The number of alkyl halides is 6. The molecule has 0 spiro atoms. The molecule has 2 aromatic rings. The van der Waals surface area contributed by atoms with Crippen molar-refractivity contribution in [2.24, 2.45) is 0 Å². The van der Waals surface area contributed by atoms with E-state index in [1.165, 1.54) is 0 Å². The van der Waals surface area contributed by atoms with Crippen LogP contribution in [0.15, 0.2) is 12.3 Å². The fourth-order valence-electron chi connectivity index (χ4n) is 2.81. The maximum absolute atomic E-state index is 13.6. The van der Waals surface area contributed by atoms with Crippen LogP contribution in [0.5, 0.6) is 0 Å². The summed E-state index contributed by atoms with van der Waals surface area (Å²) in [5.74, 6) is 0. The smallest absolute Gasteiger partial charge is 0.311 e. The van der Waals surface area contributed by atoms with Gasteiger partial charge < -0.3 is 4.90 Å². The van der Waals surface area contributed by atoms with Gasteiger partial charge in [-0.1, -0.05) is 0 Å². The first-order valence-corrected chi connectivity index (χ1v) is 6.70. The van der Waals surface area contributed by atoms with Gasteiger partial charge in [-0.05, 0) is 6.92 Å². The summed E-state index contributed by atoms with van der Waals surface area (Å²) < 4.78 is 78.9. The number of hydrogen-bond donors (Lipinski definition) is 0. The largest absolute Gasteiger partial charge is 0.401 e. The molecule has 0 fully saturated rings. The van der Waals surface area contributed by atoms with Gasteiger partial charge in [-0.3, -0.25) is 4.79 Å². The van der Waals surface area contributed by atoms with E-state index in [1.807, 2.05) is 0 Å². The van der Waals surface area contributed by atoms with Gasteiger partial charge in [-0.15, -0.1) is 0 Å². The van der Waals surface area contributed by atoms with E-state index in [1.54, 1.807) is 0 Å². The van der Waals surface area contributed by atoms with E-state index in [-0.39, 0.29) is 17.7 Å². The van der Waals surface area contributed by atoms with Crippen LogP contribution in [0.4, 0.5) is 32.0 Å². The third kappa shape index (κ3) is 2.38. The van der Waals surface area contributed by atoms with Crippen molar-refractivity contribution in [2.45, 2.75) is 31.1 Å². The Kier molecular flexibility index (Phi) is 3.33. The number of amides is 1. The van der Waals surface area contributed by atoms with Gasteiger partial charge >= 0.3 is 12.4 Å². The SMILES string of the molecule is CC1(C(F)(F)F)CN(C=O)c2cnc3cc(CC(F)(F)F)nn3c21. The molecule has 3 heterocycles. The van der Waals surface area contributed by atoms with E-state index in [2.05, 4.69) is 10.1 Å². The van der Waals surface area contributed by atoms with Gasteiger partial charge in [0.25, 0.3) is 0 Å². The van der Waals surface area contributed by atoms with Crippen LogP contribution in [-0.4, -0.2) is 39.9 Å². The third-order valence-corrected chi connectivity index (χ3v) is 3.97. The maximum Gasteiger partial charge on any atom is 0.401 e. The molecule has 3 rings (SSSR count). The molecule has 11 heteroatoms. The normalized spacial score (nSPS) is 21.4. The van der Waals surface area contributed by atoms with Gasteiger partial charge in [0.05, 0.1) is 29.7 Å². The van der Waals surface area contributed by atoms with E-state index in [0.29, 0.717) is 0 Å². The van der Waals surface area contributed by atoms with Gasteiger partial charge in [0.2, 0.25) is 6.41 Å². The topological polar surface area (TPSA) is 50.5 Å². The monoisotopic (exact) mass is 352 g/mol. The zero-order valence-electron chi connectivity index (χ0n) is 12.1. The van der Waals surface area contributed by atoms with Crippen LogP contribution in [0.2, 0.25) is 0 Å². The summed E-state index contributed by atoms with van der Waals surface area (Å²) in [4.78, 5) is 15.7. The molecule has 0 saturated heterocycles. The molecule has 0 aromatic carbocycles. The Balaban J connectivity index is 2.24. The maximum atomic E-state index is 13.6. The van der Waals surface area contributed by atoms with Crippen molar-refractivity contribution < 1.29 is 31.1 Å². The molecule has 1 atom stereocenters. The summed E-state index contributed by atoms with van der Waals surface area (Å²) in [6, 6.07) is 0.980. The first-order valence-electron chi connectivity index (χ1n) is 6.70. The van der Waals surface area contributed by atoms with E-state index >= 15 is 0 Å². The van der Waals surface area contributed by atoms with Crippen LogP contribution in [0, 0.1) is 0 Å². The van der Waals surface area contributed by atoms with E-state index < -0.39 is 42.1 Å². The standard InChI is InChI=1S/C13H10F6N4O/c1-11(13(17,18)19)5-22(6-24)8-4-20-9-2-7(3-12(14,15)16)21-23(9)10(8)11/h2,4,6H,3,5H2,1H3. The van der Waals surface area contributed by atoms with Gasteiger partial charge in [0.1, 0.15) is 5.41 Å². The molecule has 1 amide bonds. The molecule has 130 valence electrons. The summed E-state index contributed by atoms with van der Waals surface area (Å²) in [6.45, 7) is 0.185. The summed E-state index contributed by atoms with van der Waals surface area (Å²) >= 11 is 0. The number of fused-ring (bicyclic) bond motifs is 3. The minimum absolute atomic E-state index is 0.126. The zero-order chi connectivity index (χ0) is 17.9. The average molecular weight is 352 g/mol. The van der Waals surface area contributed by atoms with Gasteiger partial charge in [-0.25, -0.2) is 9.50 Å². The van der Waals surface area contributed by atoms with Crippen LogP contribution in [0.3, 0.4) is 0 Å². The van der Waals surface area contributed by atoms with Gasteiger partial charge in [-0.2, -0.15) is 31.4 Å². The van der Waals surface area contributed by atoms with E-state index in [9.17, 15) is 31.1 Å². The molecule has 0 N–H and O–H groups in total. The minimum Gasteiger partial charge on any atom is -0.311 e. The Morgan fingerprint density at radius 2 is 1.96 bits per heavy atom. The number of rotatable bonds is 2. The van der Waals surface area contributed by atoms with Crippen LogP contribution in [0.25, 0.3) is 5.65 Å². The highest BCUT2D eigenvalue weighted by molar-refractivity contribution is 5.81. The number of halogens is 6. The highest BCUT2D eigenvalue weighted by atomic mass is 19.4. The molecule has 24 heavy (non-hydrogen) atoms. The number of hydrogen-bond acceptors (Lipinski definition) is 3. The van der Waals surface area contributed by atoms with Crippen molar-refractivity contribution >= 4 is 17.7 Å². The van der Waals surface area contributed by atoms with Crippen molar-refractivity contribution in [1.82, 2.24) is 14.6 Å². The van der Waals surface area contributed by atoms with Crippen LogP contribution in [0.1, 0.15) is 18.3 Å². The van der Waals surface area contributed by atoms with E-state index in [0.717, 1.165) is 28.6 Å². The molecule has 0 aliphatic carbocycles. The predicted molar refractivity (Wildman–Crippen MR) is 69.6 cm³/mol. The number of nitrogens with zero attached hydrogens (tertiary/aromatic N) is 4. The second kappa shape index (κ2) is 4.84. The Labute approximate surface area is 130 Å². The highest BCUT2D eigenvalue weighted by Gasteiger charge is 2.59. The lowest BCUT2D eigenvalue weighted by molar-refractivity contribution is -0.181. The summed E-state index contributed by atoms with van der Waals surface area (Å²) in [5.41, 5.74) is -3.58. The number of carbonyl (C=O) groups is 1. The van der Waals surface area contributed by atoms with Gasteiger partial charge in [0.15, 0.2) is 5.65 Å². The second-order valence-corrected chi connectivity index (χ2v) is 5.75. The Hall–Kier alpha value is -2.33. The third-order valence-electron chi connectivity index (χ3n) is 3.97. The number of carbonyl (C=O) groups excluding carboxylic acids is 1.